The first kappa shape index (κ1) is 17.7. The second-order valence-corrected chi connectivity index (χ2v) is 6.96. The molecule has 0 fully saturated rings. The molecule has 0 spiro atoms. The zero-order valence-corrected chi connectivity index (χ0v) is 15.8. The predicted octanol–water partition coefficient (Wildman–Crippen LogP) is 6.90. The van der Waals surface area contributed by atoms with Crippen LogP contribution in [-0.4, -0.2) is 6.21 Å². The molecule has 126 valence electrons. The van der Waals surface area contributed by atoms with Crippen LogP contribution >= 0.6 is 23.2 Å². The summed E-state index contributed by atoms with van der Waals surface area (Å²) in [6.45, 7) is 4.82. The van der Waals surface area contributed by atoms with E-state index in [-0.39, 0.29) is 0 Å². The number of aryl methyl sites for hydroxylation is 2. The predicted molar refractivity (Wildman–Crippen MR) is 109 cm³/mol. The lowest BCUT2D eigenvalue weighted by molar-refractivity contribution is 1.08. The van der Waals surface area contributed by atoms with Crippen LogP contribution < -0.4 is 0 Å². The first-order valence-corrected chi connectivity index (χ1v) is 8.90. The van der Waals surface area contributed by atoms with Crippen molar-refractivity contribution in [3.63, 3.8) is 0 Å². The van der Waals surface area contributed by atoms with Crippen LogP contribution in [0.5, 0.6) is 0 Å². The van der Waals surface area contributed by atoms with Gasteiger partial charge in [-0.15, -0.1) is 0 Å². The van der Waals surface area contributed by atoms with Crippen LogP contribution in [0.3, 0.4) is 0 Å². The van der Waals surface area contributed by atoms with Gasteiger partial charge >= 0.3 is 0 Å². The van der Waals surface area contributed by atoms with Crippen LogP contribution in [0.15, 0.2) is 65.7 Å². The molecule has 3 aromatic carbocycles. The number of nitrogens with zero attached hydrogens (tertiary/aromatic N) is 1. The Morgan fingerprint density at radius 2 is 1.64 bits per heavy atom. The minimum atomic E-state index is 0.592. The fraction of sp³-hybridized carbons (Fsp3) is 0.136. The van der Waals surface area contributed by atoms with Crippen molar-refractivity contribution in [2.24, 2.45) is 4.99 Å². The summed E-state index contributed by atoms with van der Waals surface area (Å²) in [7, 11) is 0. The molecule has 0 saturated carbocycles. The van der Waals surface area contributed by atoms with Gasteiger partial charge in [-0.3, -0.25) is 4.99 Å². The van der Waals surface area contributed by atoms with E-state index in [0.29, 0.717) is 11.6 Å². The number of hydrogen-bond donors (Lipinski definition) is 0. The van der Waals surface area contributed by atoms with Crippen LogP contribution in [0, 0.1) is 13.8 Å². The molecule has 0 N–H and O–H groups in total. The number of benzene rings is 3. The standard InChI is InChI=1S/C22H19Cl2N/c1-15-6-11-19(16(2)12-15)20-4-3-5-22(24)21(20)14-25-13-17-7-9-18(23)10-8-17/h3-12,14H,13H2,1-2H3. The van der Waals surface area contributed by atoms with Gasteiger partial charge in [0.2, 0.25) is 0 Å². The van der Waals surface area contributed by atoms with Crippen molar-refractivity contribution in [1.29, 1.82) is 0 Å². The Morgan fingerprint density at radius 3 is 2.36 bits per heavy atom. The van der Waals surface area contributed by atoms with Gasteiger partial charge in [0.05, 0.1) is 6.54 Å². The average Bonchev–Trinajstić information content (AvgIpc) is 2.58. The zero-order valence-electron chi connectivity index (χ0n) is 14.3. The van der Waals surface area contributed by atoms with Gasteiger partial charge in [-0.1, -0.05) is 71.2 Å². The van der Waals surface area contributed by atoms with Gasteiger partial charge in [-0.2, -0.15) is 0 Å². The number of hydrogen-bond acceptors (Lipinski definition) is 1. The minimum Gasteiger partial charge on any atom is -0.288 e. The van der Waals surface area contributed by atoms with E-state index in [9.17, 15) is 0 Å². The van der Waals surface area contributed by atoms with E-state index >= 15 is 0 Å². The highest BCUT2D eigenvalue weighted by Crippen LogP contribution is 2.30. The van der Waals surface area contributed by atoms with Crippen molar-refractivity contribution < 1.29 is 0 Å². The lowest BCUT2D eigenvalue weighted by atomic mass is 9.95. The highest BCUT2D eigenvalue weighted by atomic mass is 35.5. The normalized spacial score (nSPS) is 11.2. The lowest BCUT2D eigenvalue weighted by Crippen LogP contribution is -1.93. The molecule has 0 aromatic heterocycles. The maximum absolute atomic E-state index is 6.46. The SMILES string of the molecule is Cc1ccc(-c2cccc(Cl)c2C=NCc2ccc(Cl)cc2)c(C)c1. The quantitative estimate of drug-likeness (QED) is 0.444. The molecular formula is C22H19Cl2N. The highest BCUT2D eigenvalue weighted by Gasteiger charge is 2.09. The Kier molecular flexibility index (Phi) is 5.57. The maximum Gasteiger partial charge on any atom is 0.0640 e. The van der Waals surface area contributed by atoms with Crippen molar-refractivity contribution in [3.05, 3.63) is 93.0 Å². The van der Waals surface area contributed by atoms with Gasteiger partial charge in [0, 0.05) is 21.8 Å². The van der Waals surface area contributed by atoms with Crippen molar-refractivity contribution in [2.45, 2.75) is 20.4 Å². The van der Waals surface area contributed by atoms with Crippen molar-refractivity contribution in [2.75, 3.05) is 0 Å². The van der Waals surface area contributed by atoms with Gasteiger partial charge in [0.15, 0.2) is 0 Å². The topological polar surface area (TPSA) is 12.4 Å². The Bertz CT molecular complexity index is 912. The first-order valence-electron chi connectivity index (χ1n) is 8.15. The summed E-state index contributed by atoms with van der Waals surface area (Å²) in [6, 6.07) is 20.1. The second-order valence-electron chi connectivity index (χ2n) is 6.12. The molecule has 0 radical (unpaired) electrons. The molecule has 1 nitrogen and oxygen atoms in total. The fourth-order valence-electron chi connectivity index (χ4n) is 2.85. The van der Waals surface area contributed by atoms with E-state index in [4.69, 9.17) is 23.2 Å². The Balaban J connectivity index is 1.93. The molecule has 0 saturated heterocycles. The van der Waals surface area contributed by atoms with E-state index < -0.39 is 0 Å². The van der Waals surface area contributed by atoms with E-state index in [1.807, 2.05) is 42.6 Å². The first-order chi connectivity index (χ1) is 12.0. The summed E-state index contributed by atoms with van der Waals surface area (Å²) >= 11 is 12.4. The van der Waals surface area contributed by atoms with E-state index in [1.54, 1.807) is 0 Å². The van der Waals surface area contributed by atoms with E-state index in [1.165, 1.54) is 16.7 Å². The molecule has 0 aliphatic heterocycles. The number of rotatable bonds is 4. The molecule has 0 bridgehead atoms. The molecule has 3 heteroatoms. The maximum atomic E-state index is 6.46. The van der Waals surface area contributed by atoms with Gasteiger partial charge in [-0.25, -0.2) is 0 Å². The van der Waals surface area contributed by atoms with Gasteiger partial charge in [0.1, 0.15) is 0 Å². The molecule has 3 rings (SSSR count). The van der Waals surface area contributed by atoms with Crippen LogP contribution in [0.1, 0.15) is 22.3 Å². The molecule has 25 heavy (non-hydrogen) atoms. The molecule has 0 heterocycles. The zero-order chi connectivity index (χ0) is 17.8. The third-order valence-electron chi connectivity index (χ3n) is 4.13. The van der Waals surface area contributed by atoms with Gasteiger partial charge in [0.25, 0.3) is 0 Å². The number of halogens is 2. The molecule has 0 atom stereocenters. The van der Waals surface area contributed by atoms with Crippen LogP contribution in [0.4, 0.5) is 0 Å². The van der Waals surface area contributed by atoms with Crippen molar-refractivity contribution in [1.82, 2.24) is 0 Å². The lowest BCUT2D eigenvalue weighted by Gasteiger charge is -2.11. The Hall–Kier alpha value is -2.09. The monoisotopic (exact) mass is 367 g/mol. The minimum absolute atomic E-state index is 0.592. The average molecular weight is 368 g/mol. The largest absolute Gasteiger partial charge is 0.288 e. The van der Waals surface area contributed by atoms with Gasteiger partial charge < -0.3 is 0 Å². The molecule has 0 aliphatic rings. The Morgan fingerprint density at radius 1 is 0.880 bits per heavy atom. The number of aliphatic imine (C=N–C) groups is 1. The highest BCUT2D eigenvalue weighted by molar-refractivity contribution is 6.33. The third kappa shape index (κ3) is 4.31. The molecule has 0 amide bonds. The van der Waals surface area contributed by atoms with Crippen LogP contribution in [0.25, 0.3) is 11.1 Å². The summed E-state index contributed by atoms with van der Waals surface area (Å²) in [5.41, 5.74) is 6.83. The van der Waals surface area contributed by atoms with Crippen molar-refractivity contribution in [3.8, 4) is 11.1 Å². The molecule has 3 aromatic rings. The fourth-order valence-corrected chi connectivity index (χ4v) is 3.20. The van der Waals surface area contributed by atoms with Crippen LogP contribution in [0.2, 0.25) is 10.0 Å². The summed E-state index contributed by atoms with van der Waals surface area (Å²) in [6.07, 6.45) is 1.87. The smallest absolute Gasteiger partial charge is 0.0640 e. The Labute approximate surface area is 159 Å². The van der Waals surface area contributed by atoms with E-state index in [2.05, 4.69) is 43.1 Å². The van der Waals surface area contributed by atoms with Crippen LogP contribution in [-0.2, 0) is 6.54 Å². The molecular weight excluding hydrogens is 349 g/mol. The second kappa shape index (κ2) is 7.86. The summed E-state index contributed by atoms with van der Waals surface area (Å²) < 4.78 is 0. The third-order valence-corrected chi connectivity index (χ3v) is 4.71. The molecule has 0 aliphatic carbocycles. The van der Waals surface area contributed by atoms with Gasteiger partial charge in [-0.05, 0) is 54.3 Å². The molecule has 0 unspecified atom stereocenters. The van der Waals surface area contributed by atoms with E-state index in [0.717, 1.165) is 21.7 Å². The summed E-state index contributed by atoms with van der Waals surface area (Å²) in [4.78, 5) is 4.58. The summed E-state index contributed by atoms with van der Waals surface area (Å²) in [5, 5.41) is 1.44. The summed E-state index contributed by atoms with van der Waals surface area (Å²) in [5.74, 6) is 0. The van der Waals surface area contributed by atoms with Crippen molar-refractivity contribution >= 4 is 29.4 Å².